The number of nitrogens with zero attached hydrogens (tertiary/aromatic N) is 3. The van der Waals surface area contributed by atoms with Crippen LogP contribution in [0.4, 0.5) is 0 Å². The van der Waals surface area contributed by atoms with E-state index in [4.69, 9.17) is 22.1 Å². The number of carbonyl (C=O) groups excluding carboxylic acids is 1. The number of aromatic nitrogens is 2. The molecule has 0 saturated carbocycles. The van der Waals surface area contributed by atoms with Gasteiger partial charge in [-0.25, -0.2) is 4.68 Å². The zero-order valence-corrected chi connectivity index (χ0v) is 23.3. The highest BCUT2D eigenvalue weighted by Gasteiger charge is 2.32. The molecule has 0 spiro atoms. The quantitative estimate of drug-likeness (QED) is 0.127. The van der Waals surface area contributed by atoms with Crippen molar-refractivity contribution in [2.45, 2.75) is 58.8 Å². The highest BCUT2D eigenvalue weighted by molar-refractivity contribution is 8.26. The van der Waals surface area contributed by atoms with E-state index in [2.05, 4.69) is 13.8 Å². The van der Waals surface area contributed by atoms with Crippen molar-refractivity contribution in [3.63, 3.8) is 0 Å². The van der Waals surface area contributed by atoms with Gasteiger partial charge >= 0.3 is 0 Å². The SMILES string of the molecule is CCCCCCCN1C(=O)C(=Cc2cn(-c3ccccc3)nc2-c2ccc(OCCCC)cc2)SC1=S. The van der Waals surface area contributed by atoms with Gasteiger partial charge in [0, 0.05) is 23.9 Å². The van der Waals surface area contributed by atoms with Crippen LogP contribution < -0.4 is 4.74 Å². The summed E-state index contributed by atoms with van der Waals surface area (Å²) in [6.07, 6.45) is 11.8. The molecule has 2 aromatic carbocycles. The topological polar surface area (TPSA) is 47.4 Å². The first-order valence-electron chi connectivity index (χ1n) is 13.2. The van der Waals surface area contributed by atoms with E-state index in [1.165, 1.54) is 31.0 Å². The van der Waals surface area contributed by atoms with Gasteiger partial charge in [-0.3, -0.25) is 9.69 Å². The zero-order chi connectivity index (χ0) is 26.0. The van der Waals surface area contributed by atoms with Crippen LogP contribution in [-0.4, -0.2) is 38.1 Å². The number of thioether (sulfide) groups is 1. The smallest absolute Gasteiger partial charge is 0.266 e. The molecule has 0 aliphatic carbocycles. The van der Waals surface area contributed by atoms with Crippen LogP contribution in [-0.2, 0) is 4.79 Å². The number of carbonyl (C=O) groups is 1. The summed E-state index contributed by atoms with van der Waals surface area (Å²) in [4.78, 5) is 15.6. The summed E-state index contributed by atoms with van der Waals surface area (Å²) >= 11 is 6.95. The van der Waals surface area contributed by atoms with Crippen molar-refractivity contribution < 1.29 is 9.53 Å². The van der Waals surface area contributed by atoms with Crippen LogP contribution in [0.1, 0.15) is 64.4 Å². The second-order valence-corrected chi connectivity index (χ2v) is 10.9. The number of benzene rings is 2. The van der Waals surface area contributed by atoms with Gasteiger partial charge in [0.1, 0.15) is 10.1 Å². The van der Waals surface area contributed by atoms with Crippen LogP contribution >= 0.6 is 24.0 Å². The predicted octanol–water partition coefficient (Wildman–Crippen LogP) is 7.89. The molecule has 2 heterocycles. The monoisotopic (exact) mass is 533 g/mol. The minimum atomic E-state index is -0.0106. The van der Waals surface area contributed by atoms with Crippen molar-refractivity contribution in [2.75, 3.05) is 13.2 Å². The van der Waals surface area contributed by atoms with E-state index in [-0.39, 0.29) is 5.91 Å². The van der Waals surface area contributed by atoms with E-state index >= 15 is 0 Å². The Morgan fingerprint density at radius 2 is 1.68 bits per heavy atom. The maximum Gasteiger partial charge on any atom is 0.266 e. The summed E-state index contributed by atoms with van der Waals surface area (Å²) in [5.74, 6) is 0.838. The van der Waals surface area contributed by atoms with Crippen molar-refractivity contribution >= 4 is 40.3 Å². The lowest BCUT2D eigenvalue weighted by Gasteiger charge is -2.13. The van der Waals surface area contributed by atoms with E-state index in [1.54, 1.807) is 4.90 Å². The van der Waals surface area contributed by atoms with Crippen molar-refractivity contribution in [1.82, 2.24) is 14.7 Å². The van der Waals surface area contributed by atoms with Crippen molar-refractivity contribution in [1.29, 1.82) is 0 Å². The fraction of sp³-hybridized carbons (Fsp3) is 0.367. The Bertz CT molecular complexity index is 1220. The standard InChI is InChI=1S/C30H35N3O2S2/c1-3-5-7-8-12-19-32-29(34)27(37-30(32)36)21-24-22-33(25-13-10-9-11-14-25)31-28(24)23-15-17-26(18-16-23)35-20-6-4-2/h9-11,13-18,21-22H,3-8,12,19-20H2,1-2H3. The first-order valence-corrected chi connectivity index (χ1v) is 14.5. The van der Waals surface area contributed by atoms with Gasteiger partial charge in [-0.05, 0) is 55.3 Å². The average molecular weight is 534 g/mol. The van der Waals surface area contributed by atoms with Crippen molar-refractivity contribution in [3.8, 4) is 22.7 Å². The van der Waals surface area contributed by atoms with Crippen LogP contribution in [0.15, 0.2) is 65.7 Å². The summed E-state index contributed by atoms with van der Waals surface area (Å²) in [7, 11) is 0. The lowest BCUT2D eigenvalue weighted by atomic mass is 10.1. The van der Waals surface area contributed by atoms with Gasteiger partial charge in [-0.2, -0.15) is 5.10 Å². The van der Waals surface area contributed by atoms with Gasteiger partial charge in [0.2, 0.25) is 0 Å². The highest BCUT2D eigenvalue weighted by Crippen LogP contribution is 2.35. The van der Waals surface area contributed by atoms with Crippen LogP contribution in [0.3, 0.4) is 0 Å². The predicted molar refractivity (Wildman–Crippen MR) is 158 cm³/mol. The van der Waals surface area contributed by atoms with Gasteiger partial charge in [0.05, 0.1) is 22.9 Å². The molecule has 0 bridgehead atoms. The highest BCUT2D eigenvalue weighted by atomic mass is 32.2. The maximum atomic E-state index is 13.2. The Hall–Kier alpha value is -2.90. The Morgan fingerprint density at radius 3 is 2.41 bits per heavy atom. The van der Waals surface area contributed by atoms with Gasteiger partial charge in [0.25, 0.3) is 5.91 Å². The number of para-hydroxylation sites is 1. The van der Waals surface area contributed by atoms with E-state index in [1.807, 2.05) is 71.6 Å². The van der Waals surface area contributed by atoms with Gasteiger partial charge in [0.15, 0.2) is 0 Å². The van der Waals surface area contributed by atoms with Crippen LogP contribution in [0, 0.1) is 0 Å². The molecule has 0 N–H and O–H groups in total. The normalized spacial score (nSPS) is 14.6. The molecule has 1 aliphatic rings. The van der Waals surface area contributed by atoms with E-state index in [0.717, 1.165) is 53.9 Å². The van der Waals surface area contributed by atoms with Crippen LogP contribution in [0.25, 0.3) is 23.0 Å². The molecule has 1 saturated heterocycles. The molecule has 4 rings (SSSR count). The minimum absolute atomic E-state index is 0.0106. The molecule has 0 atom stereocenters. The second-order valence-electron chi connectivity index (χ2n) is 9.19. The van der Waals surface area contributed by atoms with E-state index in [0.29, 0.717) is 22.4 Å². The van der Waals surface area contributed by atoms with Gasteiger partial charge in [-0.1, -0.05) is 88.1 Å². The molecule has 194 valence electrons. The average Bonchev–Trinajstić information content (AvgIpc) is 3.46. The second kappa shape index (κ2) is 13.6. The third kappa shape index (κ3) is 7.11. The summed E-state index contributed by atoms with van der Waals surface area (Å²) in [5, 5.41) is 4.90. The molecule has 5 nitrogen and oxygen atoms in total. The van der Waals surface area contributed by atoms with Crippen molar-refractivity contribution in [3.05, 3.63) is 71.3 Å². The number of rotatable bonds is 13. The Labute approximate surface area is 229 Å². The van der Waals surface area contributed by atoms with Gasteiger partial charge < -0.3 is 4.74 Å². The first-order chi connectivity index (χ1) is 18.1. The summed E-state index contributed by atoms with van der Waals surface area (Å²) in [6, 6.07) is 18.0. The van der Waals surface area contributed by atoms with Gasteiger partial charge in [-0.15, -0.1) is 0 Å². The lowest BCUT2D eigenvalue weighted by Crippen LogP contribution is -2.29. The lowest BCUT2D eigenvalue weighted by molar-refractivity contribution is -0.122. The first kappa shape index (κ1) is 27.1. The Balaban J connectivity index is 1.59. The van der Waals surface area contributed by atoms with Crippen LogP contribution in [0.2, 0.25) is 0 Å². The minimum Gasteiger partial charge on any atom is -0.494 e. The third-order valence-corrected chi connectivity index (χ3v) is 7.68. The zero-order valence-electron chi connectivity index (χ0n) is 21.7. The molecule has 7 heteroatoms. The summed E-state index contributed by atoms with van der Waals surface area (Å²) < 4.78 is 8.33. The number of hydrogen-bond acceptors (Lipinski definition) is 5. The van der Waals surface area contributed by atoms with Crippen LogP contribution in [0.5, 0.6) is 5.75 Å². The fourth-order valence-electron chi connectivity index (χ4n) is 4.18. The molecule has 1 fully saturated rings. The Kier molecular flexibility index (Phi) is 9.97. The maximum absolute atomic E-state index is 13.2. The summed E-state index contributed by atoms with van der Waals surface area (Å²) in [5.41, 5.74) is 3.62. The number of amides is 1. The molecular formula is C30H35N3O2S2. The number of unbranched alkanes of at least 4 members (excludes halogenated alkanes) is 5. The Morgan fingerprint density at radius 1 is 0.946 bits per heavy atom. The molecule has 1 amide bonds. The molecular weight excluding hydrogens is 498 g/mol. The summed E-state index contributed by atoms with van der Waals surface area (Å²) in [6.45, 7) is 5.75. The molecule has 1 aliphatic heterocycles. The number of hydrogen-bond donors (Lipinski definition) is 0. The molecule has 1 aromatic heterocycles. The van der Waals surface area contributed by atoms with E-state index in [9.17, 15) is 4.79 Å². The van der Waals surface area contributed by atoms with Crippen molar-refractivity contribution in [2.24, 2.45) is 0 Å². The van der Waals surface area contributed by atoms with E-state index < -0.39 is 0 Å². The molecule has 3 aromatic rings. The molecule has 0 unspecified atom stereocenters. The molecule has 0 radical (unpaired) electrons. The largest absolute Gasteiger partial charge is 0.494 e. The number of ether oxygens (including phenoxy) is 1. The number of thiocarbonyl (C=S) groups is 1. The molecule has 37 heavy (non-hydrogen) atoms. The third-order valence-electron chi connectivity index (χ3n) is 6.30. The fourth-order valence-corrected chi connectivity index (χ4v) is 5.48.